The fourth-order valence-electron chi connectivity index (χ4n) is 2.69. The number of carbonyl (C=O) groups excluding carboxylic acids is 1. The summed E-state index contributed by atoms with van der Waals surface area (Å²) in [4.78, 5) is 12.3. The molecule has 3 rings (SSSR count). The number of halogens is 1. The Labute approximate surface area is 190 Å². The molecule has 0 aromatic heterocycles. The highest BCUT2D eigenvalue weighted by atomic mass is 35.5. The van der Waals surface area contributed by atoms with Gasteiger partial charge in [-0.1, -0.05) is 23.7 Å². The number of rotatable bonds is 7. The zero-order valence-corrected chi connectivity index (χ0v) is 18.8. The quantitative estimate of drug-likeness (QED) is 0.303. The second-order valence-electron chi connectivity index (χ2n) is 6.57. The Balaban J connectivity index is 1.83. The van der Waals surface area contributed by atoms with Gasteiger partial charge in [0.2, 0.25) is 0 Å². The highest BCUT2D eigenvalue weighted by Gasteiger charge is 2.11. The lowest BCUT2D eigenvalue weighted by Crippen LogP contribution is -2.26. The third-order valence-corrected chi connectivity index (χ3v) is 4.86. The van der Waals surface area contributed by atoms with Gasteiger partial charge in [-0.15, -0.1) is 0 Å². The summed E-state index contributed by atoms with van der Waals surface area (Å²) in [5, 5.41) is 7.48. The van der Waals surface area contributed by atoms with E-state index in [0.29, 0.717) is 33.3 Å². The third-order valence-electron chi connectivity index (χ3n) is 4.11. The number of anilines is 1. The van der Waals surface area contributed by atoms with Gasteiger partial charge in [-0.05, 0) is 60.7 Å². The van der Waals surface area contributed by atoms with E-state index in [1.807, 2.05) is 0 Å². The van der Waals surface area contributed by atoms with E-state index in [9.17, 15) is 13.2 Å². The standard InChI is InChI=1S/C22H20ClN3O5S/c1-30-19-13-9-18(10-14-19)24-22(27)26-25-21(15-3-7-17(23)8-4-15)16-5-11-20(12-6-16)31-32(2,28)29/h3-14H,1-2H3,(H2,24,26,27). The first-order valence-corrected chi connectivity index (χ1v) is 11.5. The summed E-state index contributed by atoms with van der Waals surface area (Å²) in [5.74, 6) is 0.833. The number of hydrogen-bond acceptors (Lipinski definition) is 6. The number of hydrazone groups is 1. The van der Waals surface area contributed by atoms with Crippen LogP contribution in [0.15, 0.2) is 77.9 Å². The van der Waals surface area contributed by atoms with E-state index in [1.165, 1.54) is 12.1 Å². The first-order valence-electron chi connectivity index (χ1n) is 9.28. The summed E-state index contributed by atoms with van der Waals surface area (Å²) in [6.45, 7) is 0. The fourth-order valence-corrected chi connectivity index (χ4v) is 3.27. The molecule has 8 nitrogen and oxygen atoms in total. The first kappa shape index (κ1) is 23.1. The van der Waals surface area contributed by atoms with E-state index in [4.69, 9.17) is 20.5 Å². The van der Waals surface area contributed by atoms with Gasteiger partial charge in [0.25, 0.3) is 0 Å². The van der Waals surface area contributed by atoms with Crippen molar-refractivity contribution < 1.29 is 22.1 Å². The minimum absolute atomic E-state index is 0.164. The number of amides is 2. The highest BCUT2D eigenvalue weighted by molar-refractivity contribution is 7.86. The molecular weight excluding hydrogens is 454 g/mol. The van der Waals surface area contributed by atoms with Crippen molar-refractivity contribution in [3.05, 3.63) is 88.9 Å². The van der Waals surface area contributed by atoms with Gasteiger partial charge in [0, 0.05) is 21.8 Å². The number of nitrogens with zero attached hydrogens (tertiary/aromatic N) is 1. The molecule has 0 spiro atoms. The Morgan fingerprint density at radius 1 is 0.875 bits per heavy atom. The second kappa shape index (κ2) is 10.2. The molecule has 0 radical (unpaired) electrons. The summed E-state index contributed by atoms with van der Waals surface area (Å²) in [5.41, 5.74) is 4.79. The lowest BCUT2D eigenvalue weighted by Gasteiger charge is -2.10. The maximum atomic E-state index is 12.3. The summed E-state index contributed by atoms with van der Waals surface area (Å²) in [6.07, 6.45) is 0.965. The zero-order valence-electron chi connectivity index (χ0n) is 17.2. The molecule has 2 amide bonds. The molecule has 0 saturated heterocycles. The van der Waals surface area contributed by atoms with Crippen molar-refractivity contribution in [2.75, 3.05) is 18.7 Å². The van der Waals surface area contributed by atoms with Crippen LogP contribution in [0.4, 0.5) is 10.5 Å². The third kappa shape index (κ3) is 6.73. The molecule has 0 heterocycles. The topological polar surface area (TPSA) is 106 Å². The van der Waals surface area contributed by atoms with E-state index >= 15 is 0 Å². The Bertz CT molecular complexity index is 1210. The van der Waals surface area contributed by atoms with Crippen molar-refractivity contribution >= 4 is 39.1 Å². The van der Waals surface area contributed by atoms with Gasteiger partial charge in [0.1, 0.15) is 11.5 Å². The van der Waals surface area contributed by atoms with E-state index in [0.717, 1.165) is 6.26 Å². The molecule has 0 aliphatic rings. The van der Waals surface area contributed by atoms with Gasteiger partial charge in [-0.3, -0.25) is 0 Å². The van der Waals surface area contributed by atoms with Crippen LogP contribution in [0, 0.1) is 0 Å². The molecule has 0 aliphatic heterocycles. The van der Waals surface area contributed by atoms with E-state index in [-0.39, 0.29) is 5.75 Å². The molecular formula is C22H20ClN3O5S. The molecule has 0 unspecified atom stereocenters. The lowest BCUT2D eigenvalue weighted by molar-refractivity contribution is 0.252. The largest absolute Gasteiger partial charge is 0.497 e. The number of benzene rings is 3. The van der Waals surface area contributed by atoms with Gasteiger partial charge in [-0.2, -0.15) is 13.5 Å². The van der Waals surface area contributed by atoms with Crippen molar-refractivity contribution in [1.29, 1.82) is 0 Å². The molecule has 166 valence electrons. The Kier molecular flexibility index (Phi) is 7.34. The summed E-state index contributed by atoms with van der Waals surface area (Å²) in [7, 11) is -2.08. The predicted octanol–water partition coefficient (Wildman–Crippen LogP) is 4.26. The van der Waals surface area contributed by atoms with E-state index in [2.05, 4.69) is 15.8 Å². The van der Waals surface area contributed by atoms with Crippen LogP contribution in [0.5, 0.6) is 11.5 Å². The SMILES string of the molecule is COc1ccc(NC(=O)NN=C(c2ccc(Cl)cc2)c2ccc(OS(C)(=O)=O)cc2)cc1. The Hall–Kier alpha value is -3.56. The van der Waals surface area contributed by atoms with Crippen LogP contribution in [-0.4, -0.2) is 33.5 Å². The van der Waals surface area contributed by atoms with Crippen LogP contribution < -0.4 is 19.7 Å². The lowest BCUT2D eigenvalue weighted by atomic mass is 10.0. The molecule has 10 heteroatoms. The maximum absolute atomic E-state index is 12.3. The van der Waals surface area contributed by atoms with Gasteiger partial charge in [0.15, 0.2) is 0 Å². The molecule has 0 saturated carbocycles. The summed E-state index contributed by atoms with van der Waals surface area (Å²) in [6, 6.07) is 19.5. The maximum Gasteiger partial charge on any atom is 0.339 e. The van der Waals surface area contributed by atoms with Crippen LogP contribution in [0.2, 0.25) is 5.02 Å². The Morgan fingerprint density at radius 2 is 1.41 bits per heavy atom. The zero-order chi connectivity index (χ0) is 23.1. The Morgan fingerprint density at radius 3 is 1.94 bits per heavy atom. The van der Waals surface area contributed by atoms with Gasteiger partial charge >= 0.3 is 16.1 Å². The predicted molar refractivity (Wildman–Crippen MR) is 124 cm³/mol. The van der Waals surface area contributed by atoms with Crippen LogP contribution >= 0.6 is 11.6 Å². The van der Waals surface area contributed by atoms with Crippen molar-refractivity contribution in [3.8, 4) is 11.5 Å². The van der Waals surface area contributed by atoms with Crippen molar-refractivity contribution in [1.82, 2.24) is 5.43 Å². The average Bonchev–Trinajstić information content (AvgIpc) is 2.75. The minimum atomic E-state index is -3.64. The van der Waals surface area contributed by atoms with Crippen LogP contribution in [-0.2, 0) is 10.1 Å². The van der Waals surface area contributed by atoms with Gasteiger partial charge < -0.3 is 14.2 Å². The van der Waals surface area contributed by atoms with Crippen molar-refractivity contribution in [2.24, 2.45) is 5.10 Å². The molecule has 3 aromatic carbocycles. The smallest absolute Gasteiger partial charge is 0.339 e. The van der Waals surface area contributed by atoms with Crippen molar-refractivity contribution in [2.45, 2.75) is 0 Å². The molecule has 0 bridgehead atoms. The van der Waals surface area contributed by atoms with E-state index in [1.54, 1.807) is 67.8 Å². The molecule has 0 aliphatic carbocycles. The molecule has 0 atom stereocenters. The number of carbonyl (C=O) groups is 1. The second-order valence-corrected chi connectivity index (χ2v) is 8.58. The van der Waals surface area contributed by atoms with Crippen LogP contribution in [0.3, 0.4) is 0 Å². The van der Waals surface area contributed by atoms with Crippen LogP contribution in [0.1, 0.15) is 11.1 Å². The molecule has 2 N–H and O–H groups in total. The fraction of sp³-hybridized carbons (Fsp3) is 0.0909. The number of methoxy groups -OCH3 is 1. The number of nitrogens with one attached hydrogen (secondary N) is 2. The van der Waals surface area contributed by atoms with Gasteiger partial charge in [0.05, 0.1) is 19.1 Å². The molecule has 3 aromatic rings. The van der Waals surface area contributed by atoms with Crippen LogP contribution in [0.25, 0.3) is 0 Å². The number of urea groups is 1. The minimum Gasteiger partial charge on any atom is -0.497 e. The van der Waals surface area contributed by atoms with Crippen molar-refractivity contribution in [3.63, 3.8) is 0 Å². The monoisotopic (exact) mass is 473 g/mol. The molecule has 0 fully saturated rings. The van der Waals surface area contributed by atoms with Gasteiger partial charge in [-0.25, -0.2) is 10.2 Å². The molecule has 32 heavy (non-hydrogen) atoms. The number of hydrogen-bond donors (Lipinski definition) is 2. The average molecular weight is 474 g/mol. The summed E-state index contributed by atoms with van der Waals surface area (Å²) >= 11 is 5.98. The first-order chi connectivity index (χ1) is 15.2. The van der Waals surface area contributed by atoms with E-state index < -0.39 is 16.1 Å². The number of ether oxygens (including phenoxy) is 1. The normalized spacial score (nSPS) is 11.5. The highest BCUT2D eigenvalue weighted by Crippen LogP contribution is 2.19. The summed E-state index contributed by atoms with van der Waals surface area (Å²) < 4.78 is 32.6.